The second kappa shape index (κ2) is 7.21. The lowest BCUT2D eigenvalue weighted by molar-refractivity contribution is -0.137. The van der Waals surface area contributed by atoms with E-state index < -0.39 is 17.7 Å². The number of fused-ring (bicyclic) bond motifs is 2. The van der Waals surface area contributed by atoms with E-state index in [0.29, 0.717) is 31.8 Å². The molecule has 3 aromatic rings. The summed E-state index contributed by atoms with van der Waals surface area (Å²) in [5, 5.41) is 17.1. The van der Waals surface area contributed by atoms with Crippen LogP contribution < -0.4 is 4.90 Å². The van der Waals surface area contributed by atoms with Crippen LogP contribution in [0.4, 0.5) is 18.9 Å². The number of benzene rings is 1. The average Bonchev–Trinajstić information content (AvgIpc) is 3.45. The minimum absolute atomic E-state index is 0.00335. The van der Waals surface area contributed by atoms with E-state index in [4.69, 9.17) is 0 Å². The molecule has 8 nitrogen and oxygen atoms in total. The van der Waals surface area contributed by atoms with Crippen molar-refractivity contribution in [1.29, 1.82) is 0 Å². The standard InChI is InChI=1S/C21H18F3N5O3/c22-21(23,24)15-3-1-2-4-16(15)27-7-13-9-28(10-14(13)8-27)19(30)18-26-25-17-6-5-12(20(31)32)11-29(17)18/h1-6,11,13-14H,7-10H2,(H,31,32)/t13-,14?/m1/s1. The minimum atomic E-state index is -4.43. The second-order valence-corrected chi connectivity index (χ2v) is 8.12. The molecule has 32 heavy (non-hydrogen) atoms. The van der Waals surface area contributed by atoms with Gasteiger partial charge in [-0.3, -0.25) is 9.20 Å². The van der Waals surface area contributed by atoms with Gasteiger partial charge in [0.15, 0.2) is 5.65 Å². The van der Waals surface area contributed by atoms with Crippen LogP contribution in [0.2, 0.25) is 0 Å². The Balaban J connectivity index is 1.34. The summed E-state index contributed by atoms with van der Waals surface area (Å²) in [6.07, 6.45) is -3.13. The van der Waals surface area contributed by atoms with Gasteiger partial charge in [0.2, 0.25) is 5.82 Å². The molecule has 2 aromatic heterocycles. The third kappa shape index (κ3) is 3.33. The fraction of sp³-hybridized carbons (Fsp3) is 0.333. The van der Waals surface area contributed by atoms with Gasteiger partial charge in [-0.25, -0.2) is 4.79 Å². The topological polar surface area (TPSA) is 91.0 Å². The molecule has 2 saturated heterocycles. The van der Waals surface area contributed by atoms with Crippen molar-refractivity contribution in [2.45, 2.75) is 6.18 Å². The SMILES string of the molecule is O=C(O)c1ccc2nnc(C(=O)N3CC4CN(c5ccccc5C(F)(F)F)C[C@@H]4C3)n2c1. The zero-order valence-electron chi connectivity index (χ0n) is 16.7. The Kier molecular flexibility index (Phi) is 4.57. The molecule has 1 unspecified atom stereocenters. The van der Waals surface area contributed by atoms with Crippen LogP contribution in [0.1, 0.15) is 26.5 Å². The highest BCUT2D eigenvalue weighted by Crippen LogP contribution is 2.40. The maximum absolute atomic E-state index is 13.4. The fourth-order valence-corrected chi connectivity index (χ4v) is 4.65. The van der Waals surface area contributed by atoms with Crippen molar-refractivity contribution < 1.29 is 27.9 Å². The Morgan fingerprint density at radius 2 is 1.66 bits per heavy atom. The van der Waals surface area contributed by atoms with E-state index in [1.54, 1.807) is 15.9 Å². The number of carboxylic acids is 1. The fourth-order valence-electron chi connectivity index (χ4n) is 4.65. The molecule has 0 bridgehead atoms. The Bertz CT molecular complexity index is 1210. The Morgan fingerprint density at radius 3 is 2.31 bits per heavy atom. The van der Waals surface area contributed by atoms with Crippen LogP contribution in [-0.2, 0) is 6.18 Å². The molecule has 0 radical (unpaired) electrons. The number of pyridine rings is 1. The molecule has 0 aliphatic carbocycles. The van der Waals surface area contributed by atoms with E-state index in [1.807, 2.05) is 0 Å². The number of halogens is 3. The third-order valence-electron chi connectivity index (χ3n) is 6.16. The van der Waals surface area contributed by atoms with Crippen LogP contribution in [0.15, 0.2) is 42.6 Å². The number of nitrogens with zero attached hydrogens (tertiary/aromatic N) is 5. The second-order valence-electron chi connectivity index (χ2n) is 8.12. The van der Waals surface area contributed by atoms with Gasteiger partial charge >= 0.3 is 12.1 Å². The smallest absolute Gasteiger partial charge is 0.418 e. The van der Waals surface area contributed by atoms with Crippen molar-refractivity contribution >= 4 is 23.2 Å². The van der Waals surface area contributed by atoms with Crippen LogP contribution in [0.5, 0.6) is 0 Å². The van der Waals surface area contributed by atoms with Gasteiger partial charge in [0.25, 0.3) is 5.91 Å². The summed E-state index contributed by atoms with van der Waals surface area (Å²) in [5.74, 6) is -1.42. The van der Waals surface area contributed by atoms with E-state index >= 15 is 0 Å². The summed E-state index contributed by atoms with van der Waals surface area (Å²) in [6, 6.07) is 8.39. The molecule has 166 valence electrons. The van der Waals surface area contributed by atoms with Gasteiger partial charge in [-0.15, -0.1) is 10.2 Å². The van der Waals surface area contributed by atoms with Crippen LogP contribution in [0.3, 0.4) is 0 Å². The molecule has 0 saturated carbocycles. The monoisotopic (exact) mass is 445 g/mol. The number of alkyl halides is 3. The van der Waals surface area contributed by atoms with E-state index in [9.17, 15) is 27.9 Å². The molecule has 2 atom stereocenters. The number of hydrogen-bond donors (Lipinski definition) is 1. The van der Waals surface area contributed by atoms with Crippen LogP contribution in [0.25, 0.3) is 5.65 Å². The largest absolute Gasteiger partial charge is 0.478 e. The average molecular weight is 445 g/mol. The van der Waals surface area contributed by atoms with Crippen LogP contribution in [-0.4, -0.2) is 62.7 Å². The first kappa shape index (κ1) is 20.3. The number of aromatic nitrogens is 3. The summed E-state index contributed by atoms with van der Waals surface area (Å²) in [5.41, 5.74) is -0.134. The van der Waals surface area contributed by atoms with Crippen LogP contribution in [0, 0.1) is 11.8 Å². The lowest BCUT2D eigenvalue weighted by Gasteiger charge is -2.25. The first-order valence-electron chi connectivity index (χ1n) is 10.0. The van der Waals surface area contributed by atoms with E-state index in [2.05, 4.69) is 10.2 Å². The highest BCUT2D eigenvalue weighted by molar-refractivity contribution is 5.92. The lowest BCUT2D eigenvalue weighted by atomic mass is 10.0. The quantitative estimate of drug-likeness (QED) is 0.667. The first-order chi connectivity index (χ1) is 15.2. The van der Waals surface area contributed by atoms with E-state index in [-0.39, 0.29) is 34.8 Å². The molecule has 2 aliphatic rings. The summed E-state index contributed by atoms with van der Waals surface area (Å²) in [4.78, 5) is 27.7. The minimum Gasteiger partial charge on any atom is -0.478 e. The number of amides is 1. The Morgan fingerprint density at radius 1 is 0.969 bits per heavy atom. The van der Waals surface area contributed by atoms with Crippen molar-refractivity contribution in [3.63, 3.8) is 0 Å². The van der Waals surface area contributed by atoms with Gasteiger partial charge in [-0.05, 0) is 24.3 Å². The number of aromatic carboxylic acids is 1. The zero-order valence-corrected chi connectivity index (χ0v) is 16.7. The number of carbonyl (C=O) groups is 2. The van der Waals surface area contributed by atoms with Crippen LogP contribution >= 0.6 is 0 Å². The van der Waals surface area contributed by atoms with Crippen molar-refractivity contribution in [3.05, 3.63) is 59.5 Å². The lowest BCUT2D eigenvalue weighted by Crippen LogP contribution is -2.34. The highest BCUT2D eigenvalue weighted by Gasteiger charge is 2.44. The molecule has 11 heteroatoms. The molecule has 4 heterocycles. The van der Waals surface area contributed by atoms with E-state index in [1.165, 1.54) is 34.9 Å². The van der Waals surface area contributed by atoms with Crippen molar-refractivity contribution in [1.82, 2.24) is 19.5 Å². The molecule has 5 rings (SSSR count). The summed E-state index contributed by atoms with van der Waals surface area (Å²) < 4.78 is 41.5. The van der Waals surface area contributed by atoms with Crippen molar-refractivity contribution in [2.75, 3.05) is 31.1 Å². The number of carboxylic acid groups (broad SMARTS) is 1. The van der Waals surface area contributed by atoms with Gasteiger partial charge in [-0.2, -0.15) is 13.2 Å². The summed E-state index contributed by atoms with van der Waals surface area (Å²) in [6.45, 7) is 1.63. The molecule has 2 fully saturated rings. The molecule has 0 spiro atoms. The summed E-state index contributed by atoms with van der Waals surface area (Å²) in [7, 11) is 0. The van der Waals surface area contributed by atoms with Gasteiger partial charge in [0.05, 0.1) is 11.1 Å². The predicted molar refractivity (Wildman–Crippen MR) is 106 cm³/mol. The zero-order chi connectivity index (χ0) is 22.6. The number of rotatable bonds is 3. The first-order valence-corrected chi connectivity index (χ1v) is 10.0. The summed E-state index contributed by atoms with van der Waals surface area (Å²) >= 11 is 0. The highest BCUT2D eigenvalue weighted by atomic mass is 19.4. The molecule has 1 N–H and O–H groups in total. The predicted octanol–water partition coefficient (Wildman–Crippen LogP) is 2.65. The van der Waals surface area contributed by atoms with Crippen molar-refractivity contribution in [2.24, 2.45) is 11.8 Å². The molecular weight excluding hydrogens is 427 g/mol. The number of hydrogen-bond acceptors (Lipinski definition) is 5. The molecule has 2 aliphatic heterocycles. The molecular formula is C21H18F3N5O3. The molecule has 1 aromatic carbocycles. The third-order valence-corrected chi connectivity index (χ3v) is 6.16. The maximum Gasteiger partial charge on any atom is 0.418 e. The number of para-hydroxylation sites is 1. The molecule has 1 amide bonds. The Hall–Kier alpha value is -3.63. The van der Waals surface area contributed by atoms with Gasteiger partial charge in [-0.1, -0.05) is 12.1 Å². The maximum atomic E-state index is 13.4. The van der Waals surface area contributed by atoms with Crippen molar-refractivity contribution in [3.8, 4) is 0 Å². The Labute approximate surface area is 179 Å². The van der Waals surface area contributed by atoms with Gasteiger partial charge in [0, 0.05) is 49.9 Å². The van der Waals surface area contributed by atoms with Gasteiger partial charge < -0.3 is 14.9 Å². The number of anilines is 1. The van der Waals surface area contributed by atoms with E-state index in [0.717, 1.165) is 6.07 Å². The van der Waals surface area contributed by atoms with Gasteiger partial charge in [0.1, 0.15) is 0 Å². The number of likely N-dealkylation sites (tertiary alicyclic amines) is 1. The number of carbonyl (C=O) groups excluding carboxylic acids is 1. The normalized spacial score (nSPS) is 20.7.